The minimum Gasteiger partial charge on any atom is -0.493 e. The Kier molecular flexibility index (Phi) is 2.60. The Hall–Kier alpha value is -1.07. The van der Waals surface area contributed by atoms with Crippen LogP contribution in [0.1, 0.15) is 6.92 Å². The van der Waals surface area contributed by atoms with E-state index < -0.39 is 0 Å². The summed E-state index contributed by atoms with van der Waals surface area (Å²) in [6.45, 7) is 6.03. The SMILES string of the molecule is C=COC1C2OC3C(COC31)C2COC(C)=O. The quantitative estimate of drug-likeness (QED) is 0.529. The van der Waals surface area contributed by atoms with Crippen molar-refractivity contribution in [2.75, 3.05) is 13.2 Å². The van der Waals surface area contributed by atoms with Crippen LogP contribution in [0.25, 0.3) is 0 Å². The Morgan fingerprint density at radius 1 is 1.47 bits per heavy atom. The molecule has 0 radical (unpaired) electrons. The minimum atomic E-state index is -0.260. The second-order valence-corrected chi connectivity index (χ2v) is 4.76. The summed E-state index contributed by atoms with van der Waals surface area (Å²) >= 11 is 0. The van der Waals surface area contributed by atoms with Crippen LogP contribution in [0.4, 0.5) is 0 Å². The van der Waals surface area contributed by atoms with E-state index in [0.717, 1.165) is 0 Å². The summed E-state index contributed by atoms with van der Waals surface area (Å²) < 4.78 is 22.2. The molecular formula is C12H16O5. The zero-order chi connectivity index (χ0) is 12.0. The zero-order valence-electron chi connectivity index (χ0n) is 9.70. The van der Waals surface area contributed by atoms with Crippen LogP contribution in [0.2, 0.25) is 0 Å². The Labute approximate surface area is 99.7 Å². The smallest absolute Gasteiger partial charge is 0.302 e. The van der Waals surface area contributed by atoms with E-state index in [1.54, 1.807) is 0 Å². The van der Waals surface area contributed by atoms with E-state index in [9.17, 15) is 4.79 Å². The number of hydrogen-bond acceptors (Lipinski definition) is 5. The lowest BCUT2D eigenvalue weighted by molar-refractivity contribution is -0.143. The van der Waals surface area contributed by atoms with Crippen molar-refractivity contribution < 1.29 is 23.7 Å². The first-order valence-electron chi connectivity index (χ1n) is 5.89. The van der Waals surface area contributed by atoms with Crippen LogP contribution < -0.4 is 0 Å². The third-order valence-corrected chi connectivity index (χ3v) is 3.89. The number of ether oxygens (including phenoxy) is 4. The van der Waals surface area contributed by atoms with E-state index in [2.05, 4.69) is 6.58 Å². The average Bonchev–Trinajstić information content (AvgIpc) is 2.87. The molecule has 3 rings (SSSR count). The Morgan fingerprint density at radius 3 is 3.00 bits per heavy atom. The summed E-state index contributed by atoms with van der Waals surface area (Å²) in [4.78, 5) is 10.9. The fraction of sp³-hybridized carbons (Fsp3) is 0.750. The zero-order valence-corrected chi connectivity index (χ0v) is 9.70. The van der Waals surface area contributed by atoms with E-state index in [1.165, 1.54) is 13.2 Å². The van der Waals surface area contributed by atoms with Gasteiger partial charge in [-0.2, -0.15) is 0 Å². The molecule has 0 amide bonds. The van der Waals surface area contributed by atoms with Gasteiger partial charge in [-0.25, -0.2) is 0 Å². The number of esters is 1. The van der Waals surface area contributed by atoms with Crippen LogP contribution in [-0.2, 0) is 23.7 Å². The van der Waals surface area contributed by atoms with Gasteiger partial charge >= 0.3 is 5.97 Å². The first-order chi connectivity index (χ1) is 8.22. The highest BCUT2D eigenvalue weighted by Gasteiger charge is 2.65. The molecule has 5 heteroatoms. The van der Waals surface area contributed by atoms with Crippen LogP contribution in [0.5, 0.6) is 0 Å². The molecule has 2 bridgehead atoms. The van der Waals surface area contributed by atoms with Gasteiger partial charge in [0.1, 0.15) is 12.2 Å². The van der Waals surface area contributed by atoms with Crippen LogP contribution in [0.15, 0.2) is 12.8 Å². The maximum absolute atomic E-state index is 10.9. The molecule has 0 aromatic heterocycles. The molecule has 0 spiro atoms. The van der Waals surface area contributed by atoms with Gasteiger partial charge in [0.2, 0.25) is 0 Å². The second-order valence-electron chi connectivity index (χ2n) is 4.76. The van der Waals surface area contributed by atoms with Gasteiger partial charge in [0, 0.05) is 18.8 Å². The molecule has 94 valence electrons. The topological polar surface area (TPSA) is 54.0 Å². The average molecular weight is 240 g/mol. The molecular weight excluding hydrogens is 224 g/mol. The number of rotatable bonds is 4. The maximum atomic E-state index is 10.9. The van der Waals surface area contributed by atoms with E-state index in [1.807, 2.05) is 0 Å². The molecule has 17 heavy (non-hydrogen) atoms. The number of hydrogen-bond donors (Lipinski definition) is 0. The molecule has 3 aliphatic heterocycles. The summed E-state index contributed by atoms with van der Waals surface area (Å²) in [5.74, 6) is 0.242. The normalized spacial score (nSPS) is 45.9. The summed E-state index contributed by atoms with van der Waals surface area (Å²) in [5, 5.41) is 0. The Balaban J connectivity index is 1.73. The van der Waals surface area contributed by atoms with Crippen molar-refractivity contribution in [1.82, 2.24) is 0 Å². The van der Waals surface area contributed by atoms with E-state index >= 15 is 0 Å². The molecule has 0 aromatic rings. The minimum absolute atomic E-state index is 0.0107. The molecule has 3 saturated heterocycles. The fourth-order valence-electron chi connectivity index (χ4n) is 3.21. The van der Waals surface area contributed by atoms with Gasteiger partial charge < -0.3 is 18.9 Å². The highest BCUT2D eigenvalue weighted by Crippen LogP contribution is 2.50. The van der Waals surface area contributed by atoms with Gasteiger partial charge in [0.15, 0.2) is 6.10 Å². The van der Waals surface area contributed by atoms with Crippen LogP contribution >= 0.6 is 0 Å². The van der Waals surface area contributed by atoms with E-state index in [4.69, 9.17) is 18.9 Å². The van der Waals surface area contributed by atoms with E-state index in [0.29, 0.717) is 19.1 Å². The van der Waals surface area contributed by atoms with Crippen molar-refractivity contribution in [2.45, 2.75) is 31.3 Å². The number of carbonyl (C=O) groups is 1. The lowest BCUT2D eigenvalue weighted by Crippen LogP contribution is -2.44. The summed E-state index contributed by atoms with van der Waals surface area (Å²) in [5.41, 5.74) is 0. The largest absolute Gasteiger partial charge is 0.493 e. The van der Waals surface area contributed by atoms with Crippen LogP contribution in [0.3, 0.4) is 0 Å². The highest BCUT2D eigenvalue weighted by molar-refractivity contribution is 5.65. The molecule has 3 fully saturated rings. The van der Waals surface area contributed by atoms with Crippen LogP contribution in [-0.4, -0.2) is 43.6 Å². The van der Waals surface area contributed by atoms with Crippen molar-refractivity contribution in [3.8, 4) is 0 Å². The molecule has 6 atom stereocenters. The first kappa shape index (κ1) is 11.0. The van der Waals surface area contributed by atoms with Crippen molar-refractivity contribution in [1.29, 1.82) is 0 Å². The van der Waals surface area contributed by atoms with Crippen molar-refractivity contribution in [3.05, 3.63) is 12.8 Å². The standard InChI is InChI=1S/C12H16O5/c1-3-14-11-9-7(4-15-6(2)13)8-5-16-12(11)10(8)17-9/h3,7-12H,1,4-5H2,2H3. The van der Waals surface area contributed by atoms with Gasteiger partial charge in [0.25, 0.3) is 0 Å². The third-order valence-electron chi connectivity index (χ3n) is 3.89. The Bertz CT molecular complexity index is 342. The molecule has 0 aliphatic carbocycles. The summed E-state index contributed by atoms with van der Waals surface area (Å²) in [6.07, 6.45) is 1.36. The van der Waals surface area contributed by atoms with E-state index in [-0.39, 0.29) is 36.3 Å². The number of carbonyl (C=O) groups excluding carboxylic acids is 1. The maximum Gasteiger partial charge on any atom is 0.302 e. The van der Waals surface area contributed by atoms with Gasteiger partial charge in [0.05, 0.1) is 25.6 Å². The molecule has 6 unspecified atom stereocenters. The molecule has 0 N–H and O–H groups in total. The van der Waals surface area contributed by atoms with Gasteiger partial charge in [-0.15, -0.1) is 0 Å². The monoisotopic (exact) mass is 240 g/mol. The Morgan fingerprint density at radius 2 is 2.29 bits per heavy atom. The van der Waals surface area contributed by atoms with Crippen molar-refractivity contribution >= 4 is 5.97 Å². The fourth-order valence-corrected chi connectivity index (χ4v) is 3.21. The predicted molar refractivity (Wildman–Crippen MR) is 57.1 cm³/mol. The summed E-state index contributed by atoms with van der Waals surface area (Å²) in [6, 6.07) is 0. The van der Waals surface area contributed by atoms with Crippen molar-refractivity contribution in [2.24, 2.45) is 11.8 Å². The molecule has 3 heterocycles. The van der Waals surface area contributed by atoms with Gasteiger partial charge in [-0.1, -0.05) is 6.58 Å². The predicted octanol–water partition coefficient (Wildman–Crippen LogP) is 0.490. The molecule has 0 saturated carbocycles. The van der Waals surface area contributed by atoms with Crippen LogP contribution in [0, 0.1) is 11.8 Å². The summed E-state index contributed by atoms with van der Waals surface area (Å²) in [7, 11) is 0. The lowest BCUT2D eigenvalue weighted by atomic mass is 9.79. The van der Waals surface area contributed by atoms with Gasteiger partial charge in [-0.3, -0.25) is 4.79 Å². The van der Waals surface area contributed by atoms with Gasteiger partial charge in [-0.05, 0) is 0 Å². The lowest BCUT2D eigenvalue weighted by Gasteiger charge is -2.28. The number of fused-ring (bicyclic) bond motifs is 1. The molecule has 3 aliphatic rings. The van der Waals surface area contributed by atoms with Crippen molar-refractivity contribution in [3.63, 3.8) is 0 Å². The molecule has 5 nitrogen and oxygen atoms in total. The third kappa shape index (κ3) is 1.57. The highest BCUT2D eigenvalue weighted by atomic mass is 16.6. The second kappa shape index (κ2) is 3.99. The first-order valence-corrected chi connectivity index (χ1v) is 5.89. The molecule has 0 aromatic carbocycles.